The van der Waals surface area contributed by atoms with E-state index in [4.69, 9.17) is 5.73 Å². The summed E-state index contributed by atoms with van der Waals surface area (Å²) in [4.78, 5) is 2.16. The van der Waals surface area contributed by atoms with Crippen LogP contribution in [0.15, 0.2) is 24.3 Å². The number of hydrogen-bond donors (Lipinski definition) is 1. The predicted octanol–water partition coefficient (Wildman–Crippen LogP) is 3.44. The highest BCUT2D eigenvalue weighted by Crippen LogP contribution is 2.32. The van der Waals surface area contributed by atoms with E-state index < -0.39 is 11.7 Å². The number of nitrogens with two attached hydrogens (primary N) is 1. The maximum absolute atomic E-state index is 12.6. The second-order valence-electron chi connectivity index (χ2n) is 5.61. The number of halogens is 3. The van der Waals surface area contributed by atoms with Gasteiger partial charge in [-0.3, -0.25) is 4.90 Å². The van der Waals surface area contributed by atoms with Gasteiger partial charge in [-0.25, -0.2) is 0 Å². The van der Waals surface area contributed by atoms with Gasteiger partial charge in [-0.05, 0) is 43.5 Å². The first-order valence-corrected chi connectivity index (χ1v) is 6.99. The average molecular weight is 286 g/mol. The summed E-state index contributed by atoms with van der Waals surface area (Å²) in [6.07, 6.45) is -0.510. The van der Waals surface area contributed by atoms with Gasteiger partial charge in [0.1, 0.15) is 0 Å². The molecule has 1 fully saturated rings. The van der Waals surface area contributed by atoms with Crippen LogP contribution in [-0.4, -0.2) is 25.0 Å². The van der Waals surface area contributed by atoms with E-state index in [-0.39, 0.29) is 6.04 Å². The summed E-state index contributed by atoms with van der Waals surface area (Å²) in [5.41, 5.74) is 6.04. The van der Waals surface area contributed by atoms with E-state index in [0.717, 1.165) is 24.2 Å². The number of nitrogens with zero attached hydrogens (tertiary/aromatic N) is 1. The molecule has 1 aliphatic rings. The zero-order chi connectivity index (χ0) is 14.8. The van der Waals surface area contributed by atoms with Crippen LogP contribution in [0.25, 0.3) is 0 Å². The molecule has 0 saturated heterocycles. The molecule has 2 nitrogen and oxygen atoms in total. The zero-order valence-corrected chi connectivity index (χ0v) is 11.7. The van der Waals surface area contributed by atoms with E-state index in [1.54, 1.807) is 0 Å². The summed E-state index contributed by atoms with van der Waals surface area (Å²) in [7, 11) is 1.99. The number of likely N-dealkylation sites (N-methyl/N-ethyl adjacent to an activating group) is 1. The molecule has 2 N–H and O–H groups in total. The molecule has 0 heterocycles. The van der Waals surface area contributed by atoms with Crippen molar-refractivity contribution in [2.75, 3.05) is 20.1 Å². The molecule has 1 saturated carbocycles. The van der Waals surface area contributed by atoms with Gasteiger partial charge in [0.05, 0.1) is 5.56 Å². The van der Waals surface area contributed by atoms with Crippen molar-refractivity contribution in [1.82, 2.24) is 4.90 Å². The van der Waals surface area contributed by atoms with Crippen molar-refractivity contribution in [3.63, 3.8) is 0 Å². The maximum Gasteiger partial charge on any atom is 0.416 e. The minimum Gasteiger partial charge on any atom is -0.329 e. The third kappa shape index (κ3) is 3.52. The molecule has 1 atom stereocenters. The molecule has 0 bridgehead atoms. The second-order valence-corrected chi connectivity index (χ2v) is 5.61. The van der Waals surface area contributed by atoms with Crippen LogP contribution in [0.2, 0.25) is 0 Å². The quantitative estimate of drug-likeness (QED) is 0.898. The molecule has 0 radical (unpaired) electrons. The van der Waals surface area contributed by atoms with Crippen molar-refractivity contribution in [2.45, 2.75) is 31.5 Å². The Morgan fingerprint density at radius 3 is 2.25 bits per heavy atom. The molecule has 112 valence electrons. The number of benzene rings is 1. The van der Waals surface area contributed by atoms with Crippen molar-refractivity contribution in [3.05, 3.63) is 35.4 Å². The molecular formula is C15H21F3N2. The van der Waals surface area contributed by atoms with Crippen LogP contribution in [0.4, 0.5) is 13.2 Å². The Bertz CT molecular complexity index is 424. The molecule has 1 unspecified atom stereocenters. The van der Waals surface area contributed by atoms with E-state index in [1.165, 1.54) is 31.4 Å². The van der Waals surface area contributed by atoms with E-state index in [2.05, 4.69) is 4.90 Å². The van der Waals surface area contributed by atoms with E-state index in [9.17, 15) is 13.2 Å². The summed E-state index contributed by atoms with van der Waals surface area (Å²) in [6.45, 7) is 1.37. The minimum atomic E-state index is -4.28. The lowest BCUT2D eigenvalue weighted by Crippen LogP contribution is -2.36. The van der Waals surface area contributed by atoms with Crippen molar-refractivity contribution in [1.29, 1.82) is 0 Å². The van der Waals surface area contributed by atoms with Gasteiger partial charge in [0.15, 0.2) is 0 Å². The Kier molecular flexibility index (Phi) is 4.70. The zero-order valence-electron chi connectivity index (χ0n) is 11.7. The molecule has 5 heteroatoms. The first-order chi connectivity index (χ1) is 9.41. The van der Waals surface area contributed by atoms with Crippen LogP contribution < -0.4 is 5.73 Å². The summed E-state index contributed by atoms with van der Waals surface area (Å²) in [5, 5.41) is 0. The fraction of sp³-hybridized carbons (Fsp3) is 0.600. The maximum atomic E-state index is 12.6. The Hall–Kier alpha value is -1.07. The summed E-state index contributed by atoms with van der Waals surface area (Å²) in [5.74, 6) is 0.712. The lowest BCUT2D eigenvalue weighted by molar-refractivity contribution is -0.137. The van der Waals surface area contributed by atoms with Gasteiger partial charge in [0, 0.05) is 19.1 Å². The minimum absolute atomic E-state index is 0.0158. The van der Waals surface area contributed by atoms with E-state index in [0.29, 0.717) is 12.5 Å². The molecule has 2 rings (SSSR count). The van der Waals surface area contributed by atoms with Crippen LogP contribution in [-0.2, 0) is 6.18 Å². The highest BCUT2D eigenvalue weighted by Gasteiger charge is 2.30. The molecule has 1 aromatic carbocycles. The topological polar surface area (TPSA) is 29.3 Å². The lowest BCUT2D eigenvalue weighted by atomic mass is 9.84. The molecule has 0 spiro atoms. The van der Waals surface area contributed by atoms with Crippen molar-refractivity contribution in [2.24, 2.45) is 11.7 Å². The number of hydrogen-bond acceptors (Lipinski definition) is 2. The fourth-order valence-corrected chi connectivity index (χ4v) is 2.67. The highest BCUT2D eigenvalue weighted by molar-refractivity contribution is 5.27. The Morgan fingerprint density at radius 1 is 1.25 bits per heavy atom. The lowest BCUT2D eigenvalue weighted by Gasteiger charge is -2.34. The Balaban J connectivity index is 2.06. The molecule has 0 amide bonds. The first-order valence-electron chi connectivity index (χ1n) is 6.99. The average Bonchev–Trinajstić information content (AvgIpc) is 2.34. The van der Waals surface area contributed by atoms with Crippen LogP contribution in [0.1, 0.15) is 36.4 Å². The first kappa shape index (κ1) is 15.3. The normalized spacial score (nSPS) is 18.1. The number of rotatable bonds is 5. The van der Waals surface area contributed by atoms with Crippen LogP contribution in [0.5, 0.6) is 0 Å². The molecular weight excluding hydrogens is 265 g/mol. The van der Waals surface area contributed by atoms with Gasteiger partial charge < -0.3 is 5.73 Å². The number of alkyl halides is 3. The third-order valence-electron chi connectivity index (χ3n) is 4.15. The van der Waals surface area contributed by atoms with Crippen molar-refractivity contribution in [3.8, 4) is 0 Å². The fourth-order valence-electron chi connectivity index (χ4n) is 2.67. The predicted molar refractivity (Wildman–Crippen MR) is 73.2 cm³/mol. The van der Waals surface area contributed by atoms with Crippen LogP contribution >= 0.6 is 0 Å². The Labute approximate surface area is 117 Å². The second kappa shape index (κ2) is 6.14. The molecule has 0 aromatic heterocycles. The summed E-state index contributed by atoms with van der Waals surface area (Å²) < 4.78 is 37.7. The van der Waals surface area contributed by atoms with Gasteiger partial charge in [0.25, 0.3) is 0 Å². The van der Waals surface area contributed by atoms with Gasteiger partial charge in [-0.1, -0.05) is 18.6 Å². The Morgan fingerprint density at radius 2 is 1.85 bits per heavy atom. The van der Waals surface area contributed by atoms with Gasteiger partial charge in [-0.2, -0.15) is 13.2 Å². The smallest absolute Gasteiger partial charge is 0.329 e. The molecule has 1 aromatic rings. The largest absolute Gasteiger partial charge is 0.416 e. The summed E-state index contributed by atoms with van der Waals surface area (Å²) >= 11 is 0. The van der Waals surface area contributed by atoms with Crippen molar-refractivity contribution < 1.29 is 13.2 Å². The standard InChI is InChI=1S/C15H21F3N2/c1-20(10-11-3-2-4-11)14(9-19)12-5-7-13(8-6-12)15(16,17)18/h5-8,11,14H,2-4,9-10,19H2,1H3. The van der Waals surface area contributed by atoms with E-state index >= 15 is 0 Å². The molecule has 20 heavy (non-hydrogen) atoms. The van der Waals surface area contributed by atoms with Gasteiger partial charge in [-0.15, -0.1) is 0 Å². The highest BCUT2D eigenvalue weighted by atomic mass is 19.4. The third-order valence-corrected chi connectivity index (χ3v) is 4.15. The molecule has 0 aliphatic heterocycles. The van der Waals surface area contributed by atoms with Gasteiger partial charge >= 0.3 is 6.18 Å². The molecule has 1 aliphatic carbocycles. The van der Waals surface area contributed by atoms with Crippen LogP contribution in [0, 0.1) is 5.92 Å². The SMILES string of the molecule is CN(CC1CCC1)C(CN)c1ccc(C(F)(F)F)cc1. The van der Waals surface area contributed by atoms with Crippen molar-refractivity contribution >= 4 is 0 Å². The summed E-state index contributed by atoms with van der Waals surface area (Å²) in [6, 6.07) is 5.33. The monoisotopic (exact) mass is 286 g/mol. The van der Waals surface area contributed by atoms with E-state index in [1.807, 2.05) is 7.05 Å². The van der Waals surface area contributed by atoms with Crippen LogP contribution in [0.3, 0.4) is 0 Å². The van der Waals surface area contributed by atoms with Gasteiger partial charge in [0.2, 0.25) is 0 Å².